The Balaban J connectivity index is 0.000000187. The van der Waals surface area contributed by atoms with Crippen LogP contribution in [0.3, 0.4) is 0 Å². The Bertz CT molecular complexity index is 127. The zero-order valence-electron chi connectivity index (χ0n) is 5.07. The van der Waals surface area contributed by atoms with Gasteiger partial charge >= 0.3 is 0 Å². The minimum atomic E-state index is 0.176. The molecule has 0 radical (unpaired) electrons. The molecular formula is C3H9N5O. The van der Waals surface area contributed by atoms with E-state index in [9.17, 15) is 0 Å². The first-order valence-corrected chi connectivity index (χ1v) is 2.41. The van der Waals surface area contributed by atoms with Crippen molar-refractivity contribution in [1.82, 2.24) is 20.6 Å². The predicted molar refractivity (Wildman–Crippen MR) is 31.3 cm³/mol. The van der Waals surface area contributed by atoms with Gasteiger partial charge in [-0.25, -0.2) is 0 Å². The Morgan fingerprint density at radius 2 is 2.33 bits per heavy atom. The highest BCUT2D eigenvalue weighted by Crippen LogP contribution is 1.72. The summed E-state index contributed by atoms with van der Waals surface area (Å²) < 4.78 is 0. The number of H-pyrrole nitrogens is 1. The van der Waals surface area contributed by atoms with E-state index < -0.39 is 0 Å². The van der Waals surface area contributed by atoms with E-state index in [-0.39, 0.29) is 12.6 Å². The molecule has 1 rings (SSSR count). The Kier molecular flexibility index (Phi) is 4.33. The Morgan fingerprint density at radius 1 is 1.78 bits per heavy atom. The molecule has 0 aromatic carbocycles. The molecule has 1 heterocycles. The first-order valence-electron chi connectivity index (χ1n) is 2.41. The van der Waals surface area contributed by atoms with Gasteiger partial charge in [-0.2, -0.15) is 5.21 Å². The van der Waals surface area contributed by atoms with Crippen molar-refractivity contribution in [3.05, 3.63) is 0 Å². The van der Waals surface area contributed by atoms with Crippen LogP contribution in [0.15, 0.2) is 0 Å². The fourth-order valence-corrected chi connectivity index (χ4v) is 0.170. The number of rotatable bonds is 0. The predicted octanol–water partition coefficient (Wildman–Crippen LogP) is -1.22. The van der Waals surface area contributed by atoms with E-state index in [0.717, 1.165) is 0 Å². The summed E-state index contributed by atoms with van der Waals surface area (Å²) in [6.07, 6.45) is 0. The minimum absolute atomic E-state index is 0.176. The number of aromatic nitrogens is 4. The lowest BCUT2D eigenvalue weighted by Gasteiger charge is -1.62. The van der Waals surface area contributed by atoms with Gasteiger partial charge in [-0.15, -0.1) is 5.10 Å². The van der Waals surface area contributed by atoms with Gasteiger partial charge in [-0.3, -0.25) is 0 Å². The maximum Gasteiger partial charge on any atom is 0.260 e. The van der Waals surface area contributed by atoms with Crippen LogP contribution in [0.2, 0.25) is 0 Å². The van der Waals surface area contributed by atoms with E-state index >= 15 is 0 Å². The van der Waals surface area contributed by atoms with Crippen molar-refractivity contribution in [2.45, 2.75) is 6.92 Å². The summed E-state index contributed by atoms with van der Waals surface area (Å²) in [6.45, 7) is 1.93. The van der Waals surface area contributed by atoms with Crippen molar-refractivity contribution < 1.29 is 5.11 Å². The molecule has 4 N–H and O–H groups in total. The smallest absolute Gasteiger partial charge is 0.260 e. The van der Waals surface area contributed by atoms with Gasteiger partial charge < -0.3 is 10.8 Å². The molecule has 0 spiro atoms. The molecule has 1 aromatic rings. The monoisotopic (exact) mass is 131 g/mol. The SMILES string of the molecule is CCO.Nc1nn[nH]n1. The second-order valence-corrected chi connectivity index (χ2v) is 1.09. The van der Waals surface area contributed by atoms with Crippen molar-refractivity contribution in [3.8, 4) is 0 Å². The van der Waals surface area contributed by atoms with Crippen LogP contribution >= 0.6 is 0 Å². The summed E-state index contributed by atoms with van der Waals surface area (Å²) in [5.74, 6) is 0.176. The molecule has 0 unspecified atom stereocenters. The molecule has 0 aliphatic heterocycles. The maximum atomic E-state index is 7.57. The van der Waals surface area contributed by atoms with Crippen LogP contribution in [-0.2, 0) is 0 Å². The van der Waals surface area contributed by atoms with E-state index in [1.54, 1.807) is 6.92 Å². The molecular weight excluding hydrogens is 122 g/mol. The van der Waals surface area contributed by atoms with Gasteiger partial charge in [0.2, 0.25) is 0 Å². The molecule has 52 valence electrons. The Hall–Kier alpha value is -1.17. The molecule has 0 fully saturated rings. The minimum Gasteiger partial charge on any atom is -0.397 e. The van der Waals surface area contributed by atoms with E-state index in [1.165, 1.54) is 0 Å². The van der Waals surface area contributed by atoms with E-state index in [2.05, 4.69) is 20.6 Å². The van der Waals surface area contributed by atoms with Gasteiger partial charge in [-0.05, 0) is 12.1 Å². The third-order valence-corrected chi connectivity index (χ3v) is 0.362. The normalized spacial score (nSPS) is 7.78. The number of nitrogens with zero attached hydrogens (tertiary/aromatic N) is 3. The summed E-state index contributed by atoms with van der Waals surface area (Å²) in [5, 5.41) is 19.6. The van der Waals surface area contributed by atoms with Crippen LogP contribution in [0.1, 0.15) is 6.92 Å². The summed E-state index contributed by atoms with van der Waals surface area (Å²) in [6, 6.07) is 0. The van der Waals surface area contributed by atoms with E-state index in [1.807, 2.05) is 0 Å². The van der Waals surface area contributed by atoms with Gasteiger partial charge in [0.15, 0.2) is 0 Å². The van der Waals surface area contributed by atoms with Gasteiger partial charge in [0.1, 0.15) is 0 Å². The lowest BCUT2D eigenvalue weighted by Crippen LogP contribution is -1.84. The molecule has 0 amide bonds. The molecule has 0 aliphatic carbocycles. The highest BCUT2D eigenvalue weighted by molar-refractivity contribution is 5.05. The van der Waals surface area contributed by atoms with Gasteiger partial charge in [0.05, 0.1) is 0 Å². The van der Waals surface area contributed by atoms with Crippen LogP contribution in [0.4, 0.5) is 5.95 Å². The van der Waals surface area contributed by atoms with Crippen molar-refractivity contribution in [3.63, 3.8) is 0 Å². The van der Waals surface area contributed by atoms with Gasteiger partial charge in [0.25, 0.3) is 5.95 Å². The average molecular weight is 131 g/mol. The van der Waals surface area contributed by atoms with Crippen LogP contribution in [-0.4, -0.2) is 32.3 Å². The second-order valence-electron chi connectivity index (χ2n) is 1.09. The molecule has 6 heteroatoms. The first kappa shape index (κ1) is 7.83. The number of hydrogen-bond acceptors (Lipinski definition) is 5. The Labute approximate surface area is 52.1 Å². The number of anilines is 1. The van der Waals surface area contributed by atoms with Crippen LogP contribution in [0.5, 0.6) is 0 Å². The van der Waals surface area contributed by atoms with Crippen LogP contribution in [0.25, 0.3) is 0 Å². The fourth-order valence-electron chi connectivity index (χ4n) is 0.170. The van der Waals surface area contributed by atoms with E-state index in [4.69, 9.17) is 10.8 Å². The highest BCUT2D eigenvalue weighted by atomic mass is 16.2. The Morgan fingerprint density at radius 3 is 2.44 bits per heavy atom. The van der Waals surface area contributed by atoms with Crippen molar-refractivity contribution >= 4 is 5.95 Å². The van der Waals surface area contributed by atoms with Crippen LogP contribution in [0, 0.1) is 0 Å². The number of nitrogens with one attached hydrogen (secondary N) is 1. The van der Waals surface area contributed by atoms with Crippen molar-refractivity contribution in [1.29, 1.82) is 0 Å². The standard InChI is InChI=1S/C2H6O.CH3N5/c1-2-3;2-1-3-5-6-4-1/h3H,2H2,1H3;(H3,2,3,4,5,6). The third kappa shape index (κ3) is 4.69. The number of hydrogen-bond donors (Lipinski definition) is 3. The number of tetrazole rings is 1. The summed E-state index contributed by atoms with van der Waals surface area (Å²) in [4.78, 5) is 0. The average Bonchev–Trinajstić information content (AvgIpc) is 2.20. The van der Waals surface area contributed by atoms with Crippen molar-refractivity contribution in [2.24, 2.45) is 0 Å². The third-order valence-electron chi connectivity index (χ3n) is 0.362. The fraction of sp³-hybridized carbons (Fsp3) is 0.667. The van der Waals surface area contributed by atoms with E-state index in [0.29, 0.717) is 0 Å². The molecule has 0 bridgehead atoms. The van der Waals surface area contributed by atoms with Crippen molar-refractivity contribution in [2.75, 3.05) is 12.3 Å². The number of aromatic amines is 1. The zero-order valence-corrected chi connectivity index (χ0v) is 5.07. The molecule has 9 heavy (non-hydrogen) atoms. The molecule has 1 aromatic heterocycles. The molecule has 0 atom stereocenters. The van der Waals surface area contributed by atoms with Gasteiger partial charge in [0, 0.05) is 6.61 Å². The maximum absolute atomic E-state index is 7.57. The number of nitrogens with two attached hydrogens (primary N) is 1. The number of aliphatic hydroxyl groups excluding tert-OH is 1. The number of aliphatic hydroxyl groups is 1. The highest BCUT2D eigenvalue weighted by Gasteiger charge is 1.78. The second kappa shape index (κ2) is 4.98. The molecule has 6 nitrogen and oxygen atoms in total. The number of nitrogen functional groups attached to an aromatic ring is 1. The van der Waals surface area contributed by atoms with Crippen LogP contribution < -0.4 is 5.73 Å². The van der Waals surface area contributed by atoms with Gasteiger partial charge in [-0.1, -0.05) is 5.10 Å². The summed E-state index contributed by atoms with van der Waals surface area (Å²) in [5.41, 5.74) is 4.96. The lowest BCUT2D eigenvalue weighted by atomic mass is 10.9. The molecule has 0 saturated carbocycles. The largest absolute Gasteiger partial charge is 0.397 e. The molecule has 0 saturated heterocycles. The molecule has 0 aliphatic rings. The zero-order chi connectivity index (χ0) is 7.11. The summed E-state index contributed by atoms with van der Waals surface area (Å²) >= 11 is 0. The lowest BCUT2D eigenvalue weighted by molar-refractivity contribution is 0.318. The quantitative estimate of drug-likeness (QED) is 0.409. The topological polar surface area (TPSA) is 101 Å². The summed E-state index contributed by atoms with van der Waals surface area (Å²) in [7, 11) is 0. The first-order chi connectivity index (χ1) is 4.31.